The molecular weight excluding hydrogens is 528 g/mol. The minimum atomic E-state index is -0.547. The second-order valence-electron chi connectivity index (χ2n) is 6.58. The molecule has 10 heteroatoms. The topological polar surface area (TPSA) is 87.2 Å². The Bertz CT molecular complexity index is 884. The Morgan fingerprint density at radius 1 is 1.28 bits per heavy atom. The molecule has 2 saturated heterocycles. The van der Waals surface area contributed by atoms with Gasteiger partial charge >= 0.3 is 0 Å². The molecule has 1 aromatic rings. The number of rotatable bonds is 5. The van der Waals surface area contributed by atoms with Crippen LogP contribution in [0.4, 0.5) is 4.79 Å². The molecule has 7 nitrogen and oxygen atoms in total. The highest BCUT2D eigenvalue weighted by Crippen LogP contribution is 2.43. The first-order valence-corrected chi connectivity index (χ1v) is 11.6. The summed E-state index contributed by atoms with van der Waals surface area (Å²) in [6, 6.07) is 1.61. The Kier molecular flexibility index (Phi) is 7.28. The molecule has 3 amide bonds. The predicted octanol–water partition coefficient (Wildman–Crippen LogP) is 4.36. The Hall–Kier alpha value is -1.52. The molecule has 0 radical (unpaired) electrons. The fourth-order valence-corrected chi connectivity index (χ4v) is 4.81. The van der Waals surface area contributed by atoms with Crippen LogP contribution < -0.4 is 4.74 Å². The number of nitrogens with zero attached hydrogens (tertiary/aromatic N) is 2. The van der Waals surface area contributed by atoms with E-state index in [2.05, 4.69) is 31.9 Å². The van der Waals surface area contributed by atoms with Crippen molar-refractivity contribution in [3.05, 3.63) is 25.5 Å². The molecule has 0 spiro atoms. The minimum absolute atomic E-state index is 0.137. The van der Waals surface area contributed by atoms with Gasteiger partial charge in [0.25, 0.3) is 11.1 Å². The van der Waals surface area contributed by atoms with Crippen LogP contribution in [0.15, 0.2) is 19.9 Å². The van der Waals surface area contributed by atoms with Crippen LogP contribution in [0.2, 0.25) is 0 Å². The number of phenols is 1. The number of halogens is 2. The van der Waals surface area contributed by atoms with Crippen molar-refractivity contribution in [1.29, 1.82) is 0 Å². The molecule has 2 fully saturated rings. The number of carbonyl (C=O) groups is 3. The zero-order chi connectivity index (χ0) is 21.1. The number of amides is 3. The smallest absolute Gasteiger partial charge is 0.294 e. The molecule has 2 aliphatic rings. The van der Waals surface area contributed by atoms with E-state index in [0.29, 0.717) is 34.2 Å². The van der Waals surface area contributed by atoms with Crippen molar-refractivity contribution in [3.8, 4) is 11.5 Å². The third kappa shape index (κ3) is 4.80. The zero-order valence-corrected chi connectivity index (χ0v) is 19.7. The number of phenolic OH excluding ortho intramolecular Hbond substituents is 1. The van der Waals surface area contributed by atoms with E-state index in [9.17, 15) is 19.5 Å². The Labute approximate surface area is 189 Å². The maximum absolute atomic E-state index is 12.8. The first-order valence-electron chi connectivity index (χ1n) is 9.20. The van der Waals surface area contributed by atoms with E-state index in [4.69, 9.17) is 4.74 Å². The summed E-state index contributed by atoms with van der Waals surface area (Å²) in [7, 11) is 0. The van der Waals surface area contributed by atoms with Crippen molar-refractivity contribution >= 4 is 66.8 Å². The molecule has 0 bridgehead atoms. The Balaban J connectivity index is 1.84. The van der Waals surface area contributed by atoms with Gasteiger partial charge in [0.05, 0.1) is 11.5 Å². The van der Waals surface area contributed by atoms with Crippen LogP contribution in [0.5, 0.6) is 11.5 Å². The van der Waals surface area contributed by atoms with E-state index < -0.39 is 11.1 Å². The average molecular weight is 548 g/mol. The van der Waals surface area contributed by atoms with Crippen LogP contribution in [0.3, 0.4) is 0 Å². The van der Waals surface area contributed by atoms with E-state index in [1.807, 2.05) is 0 Å². The number of benzene rings is 1. The van der Waals surface area contributed by atoms with E-state index in [0.717, 1.165) is 35.9 Å². The van der Waals surface area contributed by atoms with Gasteiger partial charge in [-0.25, -0.2) is 0 Å². The summed E-state index contributed by atoms with van der Waals surface area (Å²) in [5.74, 6) is -0.653. The van der Waals surface area contributed by atoms with Gasteiger partial charge in [-0.15, -0.1) is 0 Å². The molecule has 3 rings (SSSR count). The highest BCUT2D eigenvalue weighted by atomic mass is 79.9. The molecule has 0 saturated carbocycles. The standard InChI is InChI=1S/C19H20Br2N2O5S/c1-2-28-13-9-12(20)16(21)11(17(13)25)8-14-18(26)23(19(27)29-14)10-15(24)22-6-4-3-5-7-22/h8-9,25H,2-7,10H2,1H3/b14-8-. The van der Waals surface area contributed by atoms with E-state index in [1.165, 1.54) is 6.08 Å². The SMILES string of the molecule is CCOc1cc(Br)c(Br)c(/C=C2\SC(=O)N(CC(=O)N3CCCCC3)C2=O)c1O. The number of thioether (sulfide) groups is 1. The monoisotopic (exact) mass is 546 g/mol. The summed E-state index contributed by atoms with van der Waals surface area (Å²) < 4.78 is 6.57. The molecule has 2 heterocycles. The Morgan fingerprint density at radius 2 is 1.97 bits per heavy atom. The van der Waals surface area contributed by atoms with Gasteiger partial charge in [-0.3, -0.25) is 19.3 Å². The number of carbonyl (C=O) groups excluding carboxylic acids is 3. The van der Waals surface area contributed by atoms with Gasteiger partial charge < -0.3 is 14.7 Å². The first kappa shape index (κ1) is 22.2. The van der Waals surface area contributed by atoms with Crippen molar-refractivity contribution < 1.29 is 24.2 Å². The summed E-state index contributed by atoms with van der Waals surface area (Å²) in [6.45, 7) is 3.20. The molecule has 0 aromatic heterocycles. The van der Waals surface area contributed by atoms with Crippen LogP contribution in [0.25, 0.3) is 6.08 Å². The third-order valence-corrected chi connectivity index (χ3v) is 7.56. The summed E-state index contributed by atoms with van der Waals surface area (Å²) >= 11 is 7.51. The van der Waals surface area contributed by atoms with Gasteiger partial charge in [0, 0.05) is 27.6 Å². The fourth-order valence-electron chi connectivity index (χ4n) is 3.16. The second-order valence-corrected chi connectivity index (χ2v) is 9.22. The number of aromatic hydroxyl groups is 1. The number of piperidine rings is 1. The van der Waals surface area contributed by atoms with E-state index in [-0.39, 0.29) is 28.9 Å². The maximum atomic E-state index is 12.8. The number of hydrogen-bond donors (Lipinski definition) is 1. The second kappa shape index (κ2) is 9.53. The molecule has 156 valence electrons. The summed E-state index contributed by atoms with van der Waals surface area (Å²) in [5.41, 5.74) is 0.315. The molecule has 0 atom stereocenters. The number of imide groups is 1. The van der Waals surface area contributed by atoms with Gasteiger partial charge in [-0.05, 0) is 82.0 Å². The van der Waals surface area contributed by atoms with Crippen molar-refractivity contribution in [2.45, 2.75) is 26.2 Å². The lowest BCUT2D eigenvalue weighted by Crippen LogP contribution is -2.44. The third-order valence-electron chi connectivity index (χ3n) is 4.64. The Morgan fingerprint density at radius 3 is 2.62 bits per heavy atom. The van der Waals surface area contributed by atoms with Crippen molar-refractivity contribution in [3.63, 3.8) is 0 Å². The molecule has 1 N–H and O–H groups in total. The summed E-state index contributed by atoms with van der Waals surface area (Å²) in [4.78, 5) is 40.4. The molecule has 1 aromatic carbocycles. The lowest BCUT2D eigenvalue weighted by atomic mass is 10.1. The summed E-state index contributed by atoms with van der Waals surface area (Å²) in [5, 5.41) is 10.0. The van der Waals surface area contributed by atoms with Crippen LogP contribution in [-0.2, 0) is 9.59 Å². The van der Waals surface area contributed by atoms with Crippen LogP contribution >= 0.6 is 43.6 Å². The largest absolute Gasteiger partial charge is 0.504 e. The highest BCUT2D eigenvalue weighted by molar-refractivity contribution is 9.13. The molecular formula is C19H20Br2N2O5S. The van der Waals surface area contributed by atoms with Crippen molar-refractivity contribution in [1.82, 2.24) is 9.80 Å². The fraction of sp³-hybridized carbons (Fsp3) is 0.421. The number of hydrogen-bond acceptors (Lipinski definition) is 6. The van der Waals surface area contributed by atoms with Gasteiger partial charge in [-0.2, -0.15) is 0 Å². The lowest BCUT2D eigenvalue weighted by molar-refractivity contribution is -0.136. The van der Waals surface area contributed by atoms with E-state index >= 15 is 0 Å². The van der Waals surface area contributed by atoms with Crippen LogP contribution in [0.1, 0.15) is 31.7 Å². The average Bonchev–Trinajstić information content (AvgIpc) is 2.97. The zero-order valence-electron chi connectivity index (χ0n) is 15.7. The number of ether oxygens (including phenoxy) is 1. The summed E-state index contributed by atoms with van der Waals surface area (Å²) in [6.07, 6.45) is 4.39. The minimum Gasteiger partial charge on any atom is -0.504 e. The van der Waals surface area contributed by atoms with Crippen LogP contribution in [-0.4, -0.2) is 58.2 Å². The normalized spacial score (nSPS) is 18.7. The van der Waals surface area contributed by atoms with Gasteiger partial charge in [0.1, 0.15) is 6.54 Å². The maximum Gasteiger partial charge on any atom is 0.294 e. The molecule has 2 aliphatic heterocycles. The molecule has 0 unspecified atom stereocenters. The molecule has 0 aliphatic carbocycles. The van der Waals surface area contributed by atoms with Crippen LogP contribution in [0, 0.1) is 0 Å². The first-order chi connectivity index (χ1) is 13.8. The predicted molar refractivity (Wildman–Crippen MR) is 118 cm³/mol. The number of likely N-dealkylation sites (tertiary alicyclic amines) is 1. The van der Waals surface area contributed by atoms with Gasteiger partial charge in [0.15, 0.2) is 11.5 Å². The van der Waals surface area contributed by atoms with Gasteiger partial charge in [-0.1, -0.05) is 0 Å². The van der Waals surface area contributed by atoms with Crippen molar-refractivity contribution in [2.75, 3.05) is 26.2 Å². The van der Waals surface area contributed by atoms with Crippen molar-refractivity contribution in [2.24, 2.45) is 0 Å². The lowest BCUT2D eigenvalue weighted by Gasteiger charge is -2.27. The van der Waals surface area contributed by atoms with E-state index in [1.54, 1.807) is 17.9 Å². The van der Waals surface area contributed by atoms with Gasteiger partial charge in [0.2, 0.25) is 5.91 Å². The quantitative estimate of drug-likeness (QED) is 0.551. The molecule has 29 heavy (non-hydrogen) atoms. The highest BCUT2D eigenvalue weighted by Gasteiger charge is 2.37.